The lowest BCUT2D eigenvalue weighted by Crippen LogP contribution is -2.56. The molecule has 0 radical (unpaired) electrons. The maximum atomic E-state index is 7.22. The molecule has 0 fully saturated rings. The van der Waals surface area contributed by atoms with Gasteiger partial charge in [-0.05, 0) is 130 Å². The fraction of sp³-hybridized carbons (Fsp3) is 0.0645. The first-order valence-electron chi connectivity index (χ1n) is 23.7. The number of benzene rings is 10. The molecule has 4 nitrogen and oxygen atoms in total. The second-order valence-electron chi connectivity index (χ2n) is 18.3. The van der Waals surface area contributed by atoms with Crippen molar-refractivity contribution in [2.75, 3.05) is 9.80 Å². The maximum absolute atomic E-state index is 7.22. The number of hydrogen-bond donors (Lipinski definition) is 0. The van der Waals surface area contributed by atoms with Gasteiger partial charge in [-0.15, -0.1) is 0 Å². The predicted octanol–water partition coefficient (Wildman–Crippen LogP) is 15.7. The molecular weight excluding hydrogens is 814 g/mol. The number of aryl methyl sites for hydroxylation is 1. The topological polar surface area (TPSA) is 24.6 Å². The molecule has 12 aromatic rings. The molecule has 0 saturated heterocycles. The van der Waals surface area contributed by atoms with Crippen molar-refractivity contribution in [3.8, 4) is 22.3 Å². The Morgan fingerprint density at radius 3 is 1.97 bits per heavy atom. The molecule has 2 aliphatic heterocycles. The summed E-state index contributed by atoms with van der Waals surface area (Å²) in [7, 11) is 0. The molecule has 5 heteroatoms. The summed E-state index contributed by atoms with van der Waals surface area (Å²) in [6, 6.07) is 78.5. The molecule has 2 aliphatic rings. The second kappa shape index (κ2) is 14.9. The SMILES string of the molecule is CCCCc1ccc(N2c3ccc(N(c4ccccc4)c4ccccc4)cc3B3c4c(cc5c(oc6ccccc65)c42)-c2cccc4c5cc6ccccc6cc5n3c24)c(-c2ccccc2)c1. The van der Waals surface area contributed by atoms with Gasteiger partial charge in [0.2, 0.25) is 0 Å². The highest BCUT2D eigenvalue weighted by Gasteiger charge is 2.45. The predicted molar refractivity (Wildman–Crippen MR) is 283 cm³/mol. The van der Waals surface area contributed by atoms with Gasteiger partial charge < -0.3 is 18.7 Å². The van der Waals surface area contributed by atoms with Crippen LogP contribution in [0, 0.1) is 0 Å². The van der Waals surface area contributed by atoms with Gasteiger partial charge in [0.1, 0.15) is 5.58 Å². The van der Waals surface area contributed by atoms with Gasteiger partial charge >= 0.3 is 6.85 Å². The van der Waals surface area contributed by atoms with Crippen molar-refractivity contribution in [1.29, 1.82) is 0 Å². The number of furan rings is 1. The molecule has 0 N–H and O–H groups in total. The summed E-state index contributed by atoms with van der Waals surface area (Å²) in [5.41, 5.74) is 19.7. The van der Waals surface area contributed by atoms with E-state index in [1.807, 2.05) is 0 Å². The number of aromatic nitrogens is 1. The van der Waals surface area contributed by atoms with Gasteiger partial charge in [0, 0.05) is 66.5 Å². The standard InChI is InChI=1S/C62H44BN3O/c1-2-3-18-40-31-33-55(50(35-40)41-19-7-4-8-20-41)65-56-34-32-46(64(44-23-9-5-10-24-44)45-25-11-6-12-26-45)38-54(56)63-59-52(39-53-47-27-15-16-30-58(47)67-62(53)61(59)65)49-29-17-28-48-51-36-42-21-13-14-22-43(42)37-57(51)66(63)60(48)49/h4-17,19-39H,2-3,18H2,1H3. The highest BCUT2D eigenvalue weighted by atomic mass is 16.3. The number of para-hydroxylation sites is 4. The van der Waals surface area contributed by atoms with Crippen molar-refractivity contribution >= 4 is 106 Å². The molecule has 10 aromatic carbocycles. The molecule has 0 aliphatic carbocycles. The first-order valence-corrected chi connectivity index (χ1v) is 23.7. The molecule has 2 aromatic heterocycles. The van der Waals surface area contributed by atoms with Gasteiger partial charge in [-0.3, -0.25) is 0 Å². The van der Waals surface area contributed by atoms with Crippen LogP contribution in [-0.2, 0) is 6.42 Å². The Morgan fingerprint density at radius 1 is 0.507 bits per heavy atom. The third-order valence-corrected chi connectivity index (χ3v) is 14.5. The molecule has 14 rings (SSSR count). The molecule has 0 spiro atoms. The minimum atomic E-state index is -0.192. The minimum Gasteiger partial charge on any atom is -0.454 e. The number of unbranched alkanes of at least 4 members (excludes halogenated alkanes) is 1. The largest absolute Gasteiger partial charge is 0.454 e. The lowest BCUT2D eigenvalue weighted by molar-refractivity contribution is 0.669. The van der Waals surface area contributed by atoms with Crippen molar-refractivity contribution in [2.24, 2.45) is 0 Å². The molecule has 0 atom stereocenters. The smallest absolute Gasteiger partial charge is 0.333 e. The van der Waals surface area contributed by atoms with Gasteiger partial charge in [-0.25, -0.2) is 0 Å². The third kappa shape index (κ3) is 5.68. The minimum absolute atomic E-state index is 0.192. The molecule has 67 heavy (non-hydrogen) atoms. The first-order chi connectivity index (χ1) is 33.2. The van der Waals surface area contributed by atoms with E-state index in [2.05, 4.69) is 234 Å². The van der Waals surface area contributed by atoms with Crippen molar-refractivity contribution in [3.63, 3.8) is 0 Å². The molecule has 0 bridgehead atoms. The lowest BCUT2D eigenvalue weighted by atomic mass is 9.45. The number of hydrogen-bond acceptors (Lipinski definition) is 3. The number of rotatable bonds is 8. The molecule has 0 amide bonds. The zero-order chi connectivity index (χ0) is 44.2. The fourth-order valence-electron chi connectivity index (χ4n) is 11.5. The Kier molecular flexibility index (Phi) is 8.45. The fourth-order valence-corrected chi connectivity index (χ4v) is 11.5. The van der Waals surface area contributed by atoms with Crippen molar-refractivity contribution in [2.45, 2.75) is 26.2 Å². The Hall–Kier alpha value is -8.28. The molecule has 0 saturated carbocycles. The zero-order valence-electron chi connectivity index (χ0n) is 37.2. The van der Waals surface area contributed by atoms with Gasteiger partial charge in [0.05, 0.1) is 11.4 Å². The van der Waals surface area contributed by atoms with Crippen LogP contribution in [0.2, 0.25) is 0 Å². The van der Waals surface area contributed by atoms with E-state index >= 15 is 0 Å². The Bertz CT molecular complexity index is 3890. The summed E-state index contributed by atoms with van der Waals surface area (Å²) in [5, 5.41) is 7.26. The van der Waals surface area contributed by atoms with Crippen molar-refractivity contribution in [3.05, 3.63) is 218 Å². The Labute approximate surface area is 389 Å². The summed E-state index contributed by atoms with van der Waals surface area (Å²) >= 11 is 0. The monoisotopic (exact) mass is 857 g/mol. The van der Waals surface area contributed by atoms with E-state index in [9.17, 15) is 0 Å². The van der Waals surface area contributed by atoms with Crippen LogP contribution in [0.4, 0.5) is 34.1 Å². The van der Waals surface area contributed by atoms with E-state index in [-0.39, 0.29) is 6.85 Å². The highest BCUT2D eigenvalue weighted by molar-refractivity contribution is 6.90. The molecule has 316 valence electrons. The first kappa shape index (κ1) is 38.0. The van der Waals surface area contributed by atoms with Crippen LogP contribution < -0.4 is 20.7 Å². The van der Waals surface area contributed by atoms with Gasteiger partial charge in [-0.2, -0.15) is 0 Å². The van der Waals surface area contributed by atoms with Crippen LogP contribution in [0.3, 0.4) is 0 Å². The molecular formula is C62H44BN3O. The number of nitrogens with zero attached hydrogens (tertiary/aromatic N) is 3. The van der Waals surface area contributed by atoms with Crippen LogP contribution in [0.5, 0.6) is 0 Å². The van der Waals surface area contributed by atoms with Gasteiger partial charge in [0.25, 0.3) is 0 Å². The van der Waals surface area contributed by atoms with Gasteiger partial charge in [-0.1, -0.05) is 147 Å². The van der Waals surface area contributed by atoms with Crippen LogP contribution in [0.15, 0.2) is 217 Å². The van der Waals surface area contributed by atoms with E-state index in [1.165, 1.54) is 71.3 Å². The molecule has 0 unspecified atom stereocenters. The quantitative estimate of drug-likeness (QED) is 0.142. The Balaban J connectivity index is 1.15. The summed E-state index contributed by atoms with van der Waals surface area (Å²) in [5.74, 6) is 0. The van der Waals surface area contributed by atoms with E-state index in [0.29, 0.717) is 0 Å². The van der Waals surface area contributed by atoms with E-state index in [4.69, 9.17) is 4.42 Å². The highest BCUT2D eigenvalue weighted by Crippen LogP contribution is 2.52. The van der Waals surface area contributed by atoms with Crippen LogP contribution in [-0.4, -0.2) is 11.3 Å². The zero-order valence-corrected chi connectivity index (χ0v) is 37.2. The Morgan fingerprint density at radius 2 is 1.19 bits per heavy atom. The summed E-state index contributed by atoms with van der Waals surface area (Å²) in [4.78, 5) is 4.96. The lowest BCUT2D eigenvalue weighted by Gasteiger charge is -2.41. The maximum Gasteiger partial charge on any atom is 0.333 e. The van der Waals surface area contributed by atoms with Crippen molar-refractivity contribution in [1.82, 2.24) is 4.48 Å². The third-order valence-electron chi connectivity index (χ3n) is 14.5. The van der Waals surface area contributed by atoms with Crippen LogP contribution in [0.25, 0.3) is 76.8 Å². The average Bonchev–Trinajstić information content (AvgIpc) is 3.92. The van der Waals surface area contributed by atoms with Gasteiger partial charge in [0.15, 0.2) is 5.58 Å². The number of fused-ring (bicyclic) bond motifs is 12. The molecule has 4 heterocycles. The van der Waals surface area contributed by atoms with Crippen LogP contribution in [0.1, 0.15) is 25.3 Å². The van der Waals surface area contributed by atoms with E-state index < -0.39 is 0 Å². The van der Waals surface area contributed by atoms with Crippen LogP contribution >= 0.6 is 0 Å². The van der Waals surface area contributed by atoms with Crippen molar-refractivity contribution < 1.29 is 4.42 Å². The normalized spacial score (nSPS) is 12.7. The summed E-state index contributed by atoms with van der Waals surface area (Å²) in [6.45, 7) is 2.08. The summed E-state index contributed by atoms with van der Waals surface area (Å²) < 4.78 is 9.89. The second-order valence-corrected chi connectivity index (χ2v) is 18.3. The number of anilines is 6. The average molecular weight is 858 g/mol. The van der Waals surface area contributed by atoms with E-state index in [0.717, 1.165) is 75.3 Å². The van der Waals surface area contributed by atoms with E-state index in [1.54, 1.807) is 0 Å². The summed E-state index contributed by atoms with van der Waals surface area (Å²) in [6.07, 6.45) is 3.32.